The van der Waals surface area contributed by atoms with E-state index in [0.717, 1.165) is 5.56 Å². The number of rotatable bonds is 6. The Hall–Kier alpha value is -1.11. The summed E-state index contributed by atoms with van der Waals surface area (Å²) in [6.45, 7) is 4.83. The first-order chi connectivity index (χ1) is 8.51. The number of hydrogen-bond donors (Lipinski definition) is 1. The first-order valence-corrected chi connectivity index (χ1v) is 7.32. The summed E-state index contributed by atoms with van der Waals surface area (Å²) in [4.78, 5) is 0.186. The average Bonchev–Trinajstić information content (AvgIpc) is 2.38. The Kier molecular flexibility index (Phi) is 5.13. The second-order valence-corrected chi connectivity index (χ2v) is 5.69. The van der Waals surface area contributed by atoms with E-state index in [1.807, 2.05) is 13.8 Å². The highest BCUT2D eigenvalue weighted by Crippen LogP contribution is 2.27. The largest absolute Gasteiger partial charge is 0.495 e. The van der Waals surface area contributed by atoms with Crippen LogP contribution in [0.25, 0.3) is 0 Å². The fraction of sp³-hybridized carbons (Fsp3) is 0.500. The Morgan fingerprint density at radius 2 is 1.89 bits per heavy atom. The highest BCUT2D eigenvalue weighted by molar-refractivity contribution is 7.89. The van der Waals surface area contributed by atoms with Crippen LogP contribution in [-0.2, 0) is 16.6 Å². The van der Waals surface area contributed by atoms with Gasteiger partial charge in [-0.15, -0.1) is 0 Å². The maximum absolute atomic E-state index is 12.4. The molecule has 102 valence electrons. The monoisotopic (exact) mass is 272 g/mol. The lowest BCUT2D eigenvalue weighted by Gasteiger charge is -2.20. The summed E-state index contributed by atoms with van der Waals surface area (Å²) >= 11 is 0. The van der Waals surface area contributed by atoms with Gasteiger partial charge in [-0.05, 0) is 17.7 Å². The smallest absolute Gasteiger partial charge is 0.246 e. The number of nitrogens with zero attached hydrogens (tertiary/aromatic N) is 1. The Labute approximate surface area is 109 Å². The molecule has 0 bridgehead atoms. The molecule has 1 aromatic rings. The summed E-state index contributed by atoms with van der Waals surface area (Å²) in [5.74, 6) is 0.338. The number of benzene rings is 1. The van der Waals surface area contributed by atoms with E-state index in [1.54, 1.807) is 18.2 Å². The van der Waals surface area contributed by atoms with Crippen molar-refractivity contribution in [2.75, 3.05) is 20.2 Å². The third-order valence-corrected chi connectivity index (χ3v) is 4.88. The Morgan fingerprint density at radius 1 is 1.28 bits per heavy atom. The van der Waals surface area contributed by atoms with Crippen molar-refractivity contribution in [2.24, 2.45) is 5.73 Å². The van der Waals surface area contributed by atoms with Crippen LogP contribution in [0.5, 0.6) is 5.75 Å². The zero-order chi connectivity index (χ0) is 13.8. The van der Waals surface area contributed by atoms with Crippen LogP contribution in [0.2, 0.25) is 0 Å². The van der Waals surface area contributed by atoms with E-state index in [9.17, 15) is 8.42 Å². The zero-order valence-electron chi connectivity index (χ0n) is 11.0. The summed E-state index contributed by atoms with van der Waals surface area (Å²) < 4.78 is 31.3. The number of ether oxygens (including phenoxy) is 1. The zero-order valence-corrected chi connectivity index (χ0v) is 11.8. The molecular formula is C12H20N2O3S. The second kappa shape index (κ2) is 6.17. The van der Waals surface area contributed by atoms with Crippen molar-refractivity contribution in [3.05, 3.63) is 23.8 Å². The van der Waals surface area contributed by atoms with Crippen molar-refractivity contribution in [3.63, 3.8) is 0 Å². The number of sulfonamides is 1. The van der Waals surface area contributed by atoms with Crippen molar-refractivity contribution in [1.82, 2.24) is 4.31 Å². The summed E-state index contributed by atoms with van der Waals surface area (Å²) in [6.07, 6.45) is 0. The van der Waals surface area contributed by atoms with Gasteiger partial charge in [-0.25, -0.2) is 8.42 Å². The highest BCUT2D eigenvalue weighted by Gasteiger charge is 2.25. The Morgan fingerprint density at radius 3 is 2.33 bits per heavy atom. The van der Waals surface area contributed by atoms with Crippen LogP contribution in [0.4, 0.5) is 0 Å². The maximum atomic E-state index is 12.4. The molecule has 0 aliphatic heterocycles. The molecule has 1 rings (SSSR count). The summed E-state index contributed by atoms with van der Waals surface area (Å²) in [5.41, 5.74) is 6.37. The minimum Gasteiger partial charge on any atom is -0.495 e. The van der Waals surface area contributed by atoms with E-state index >= 15 is 0 Å². The van der Waals surface area contributed by atoms with Crippen molar-refractivity contribution in [1.29, 1.82) is 0 Å². The van der Waals surface area contributed by atoms with Gasteiger partial charge < -0.3 is 10.5 Å². The predicted octanol–water partition coefficient (Wildman–Crippen LogP) is 1.18. The van der Waals surface area contributed by atoms with E-state index in [1.165, 1.54) is 11.4 Å². The molecule has 0 aromatic heterocycles. The molecule has 2 N–H and O–H groups in total. The van der Waals surface area contributed by atoms with Crippen molar-refractivity contribution < 1.29 is 13.2 Å². The molecule has 0 unspecified atom stereocenters. The van der Waals surface area contributed by atoms with Crippen LogP contribution in [0.15, 0.2) is 23.1 Å². The molecule has 0 saturated carbocycles. The summed E-state index contributed by atoms with van der Waals surface area (Å²) in [6, 6.07) is 4.92. The molecule has 1 aromatic carbocycles. The van der Waals surface area contributed by atoms with Gasteiger partial charge in [0.2, 0.25) is 10.0 Å². The molecule has 5 nitrogen and oxygen atoms in total. The molecule has 0 atom stereocenters. The number of nitrogens with two attached hydrogens (primary N) is 1. The van der Waals surface area contributed by atoms with Gasteiger partial charge in [0.1, 0.15) is 10.6 Å². The van der Waals surface area contributed by atoms with Gasteiger partial charge in [-0.3, -0.25) is 0 Å². The van der Waals surface area contributed by atoms with Gasteiger partial charge in [-0.2, -0.15) is 4.31 Å². The fourth-order valence-corrected chi connectivity index (χ4v) is 3.35. The van der Waals surface area contributed by atoms with Gasteiger partial charge in [0.05, 0.1) is 7.11 Å². The maximum Gasteiger partial charge on any atom is 0.246 e. The molecule has 6 heteroatoms. The van der Waals surface area contributed by atoms with E-state index in [2.05, 4.69) is 0 Å². The first-order valence-electron chi connectivity index (χ1n) is 5.88. The molecule has 0 fully saturated rings. The van der Waals surface area contributed by atoms with Crippen molar-refractivity contribution in [3.8, 4) is 5.75 Å². The lowest BCUT2D eigenvalue weighted by atomic mass is 10.2. The van der Waals surface area contributed by atoms with Crippen molar-refractivity contribution >= 4 is 10.0 Å². The van der Waals surface area contributed by atoms with E-state index < -0.39 is 10.0 Å². The minimum atomic E-state index is -3.50. The Balaban J connectivity index is 3.32. The lowest BCUT2D eigenvalue weighted by Crippen LogP contribution is -2.30. The SMILES string of the molecule is CCN(CC)S(=O)(=O)c1ccc(CN)cc1OC. The third kappa shape index (κ3) is 2.82. The van der Waals surface area contributed by atoms with E-state index in [0.29, 0.717) is 25.4 Å². The lowest BCUT2D eigenvalue weighted by molar-refractivity contribution is 0.395. The van der Waals surface area contributed by atoms with Gasteiger partial charge in [-0.1, -0.05) is 19.9 Å². The standard InChI is InChI=1S/C12H20N2O3S/c1-4-14(5-2)18(15,16)12-7-6-10(9-13)8-11(12)17-3/h6-8H,4-5,9,13H2,1-3H3. The van der Waals surface area contributed by atoms with E-state index in [4.69, 9.17) is 10.5 Å². The molecule has 0 spiro atoms. The molecule has 0 aliphatic rings. The fourth-order valence-electron chi connectivity index (χ4n) is 1.75. The first kappa shape index (κ1) is 14.9. The van der Waals surface area contributed by atoms with Gasteiger partial charge >= 0.3 is 0 Å². The minimum absolute atomic E-state index is 0.186. The summed E-state index contributed by atoms with van der Waals surface area (Å²) in [7, 11) is -2.05. The second-order valence-electron chi connectivity index (χ2n) is 3.78. The molecule has 0 aliphatic carbocycles. The van der Waals surface area contributed by atoms with E-state index in [-0.39, 0.29) is 4.90 Å². The van der Waals surface area contributed by atoms with Crippen LogP contribution < -0.4 is 10.5 Å². The molecule has 18 heavy (non-hydrogen) atoms. The van der Waals surface area contributed by atoms with Gasteiger partial charge in [0.25, 0.3) is 0 Å². The average molecular weight is 272 g/mol. The van der Waals surface area contributed by atoms with Gasteiger partial charge in [0, 0.05) is 19.6 Å². The summed E-state index contributed by atoms with van der Waals surface area (Å²) in [5, 5.41) is 0. The molecule has 0 heterocycles. The normalized spacial score (nSPS) is 11.8. The molecular weight excluding hydrogens is 252 g/mol. The van der Waals surface area contributed by atoms with Gasteiger partial charge in [0.15, 0.2) is 0 Å². The van der Waals surface area contributed by atoms with Crippen LogP contribution in [0.1, 0.15) is 19.4 Å². The quantitative estimate of drug-likeness (QED) is 0.844. The Bertz CT molecular complexity index is 496. The molecule has 0 radical (unpaired) electrons. The highest BCUT2D eigenvalue weighted by atomic mass is 32.2. The van der Waals surface area contributed by atoms with Crippen LogP contribution in [-0.4, -0.2) is 32.9 Å². The molecule has 0 saturated heterocycles. The third-order valence-electron chi connectivity index (χ3n) is 2.79. The predicted molar refractivity (Wildman–Crippen MR) is 71.0 cm³/mol. The van der Waals surface area contributed by atoms with Crippen LogP contribution >= 0.6 is 0 Å². The molecule has 0 amide bonds. The van der Waals surface area contributed by atoms with Crippen LogP contribution in [0, 0.1) is 0 Å². The number of hydrogen-bond acceptors (Lipinski definition) is 4. The topological polar surface area (TPSA) is 72.6 Å². The van der Waals surface area contributed by atoms with Crippen molar-refractivity contribution in [2.45, 2.75) is 25.3 Å². The number of methoxy groups -OCH3 is 1. The van der Waals surface area contributed by atoms with Crippen LogP contribution in [0.3, 0.4) is 0 Å².